The maximum absolute atomic E-state index is 13.3. The Kier molecular flexibility index (Phi) is 8.60. The summed E-state index contributed by atoms with van der Waals surface area (Å²) in [4.78, 5) is 22.3. The number of nitrogens with one attached hydrogen (secondary N) is 1. The summed E-state index contributed by atoms with van der Waals surface area (Å²) < 4.78 is 33.1. The molecule has 0 aromatic heterocycles. The lowest BCUT2D eigenvalue weighted by Crippen LogP contribution is -2.47. The number of hydrogen-bond donors (Lipinski definition) is 2. The van der Waals surface area contributed by atoms with Crippen LogP contribution in [-0.2, 0) is 14.8 Å². The molecule has 2 rings (SSSR count). The quantitative estimate of drug-likeness (QED) is 0.439. The molecular weight excluding hydrogens is 438 g/mol. The second-order valence-corrected chi connectivity index (χ2v) is 10.9. The third-order valence-corrected chi connectivity index (χ3v) is 7.63. The number of hydrogen-bond acceptors (Lipinski definition) is 7. The highest BCUT2D eigenvalue weighted by molar-refractivity contribution is 7.89. The van der Waals surface area contributed by atoms with Crippen LogP contribution in [0.15, 0.2) is 29.2 Å². The van der Waals surface area contributed by atoms with Crippen molar-refractivity contribution in [1.82, 2.24) is 9.62 Å². The number of ether oxygens (including phenoxy) is 1. The Morgan fingerprint density at radius 1 is 1.28 bits per heavy atom. The monoisotopic (exact) mass is 471 g/mol. The van der Waals surface area contributed by atoms with Crippen LogP contribution >= 0.6 is 0 Å². The highest BCUT2D eigenvalue weighted by Crippen LogP contribution is 2.34. The van der Waals surface area contributed by atoms with Gasteiger partial charge in [-0.05, 0) is 65.4 Å². The van der Waals surface area contributed by atoms with E-state index in [0.717, 1.165) is 10.4 Å². The van der Waals surface area contributed by atoms with E-state index < -0.39 is 45.0 Å². The molecule has 0 aliphatic heterocycles. The zero-order valence-corrected chi connectivity index (χ0v) is 19.8. The van der Waals surface area contributed by atoms with Crippen LogP contribution in [0, 0.1) is 16.0 Å². The molecule has 1 aromatic carbocycles. The molecule has 1 aliphatic rings. The van der Waals surface area contributed by atoms with Crippen molar-refractivity contribution >= 4 is 21.8 Å². The van der Waals surface area contributed by atoms with Crippen LogP contribution in [-0.4, -0.2) is 59.7 Å². The summed E-state index contributed by atoms with van der Waals surface area (Å²) in [6.07, 6.45) is 2.17. The van der Waals surface area contributed by atoms with E-state index in [0.29, 0.717) is 25.7 Å². The summed E-state index contributed by atoms with van der Waals surface area (Å²) >= 11 is 0. The minimum absolute atomic E-state index is 0.0178. The van der Waals surface area contributed by atoms with E-state index in [1.165, 1.54) is 18.2 Å². The van der Waals surface area contributed by atoms with Crippen LogP contribution in [0.25, 0.3) is 0 Å². The lowest BCUT2D eigenvalue weighted by atomic mass is 9.82. The van der Waals surface area contributed by atoms with E-state index in [4.69, 9.17) is 4.74 Å². The van der Waals surface area contributed by atoms with Crippen molar-refractivity contribution in [2.24, 2.45) is 5.92 Å². The summed E-state index contributed by atoms with van der Waals surface area (Å²) in [5.74, 6) is -0.0178. The summed E-state index contributed by atoms with van der Waals surface area (Å²) in [7, 11) is -4.20. The number of para-hydroxylation sites is 1. The molecule has 11 heteroatoms. The van der Waals surface area contributed by atoms with Crippen molar-refractivity contribution in [2.75, 3.05) is 13.2 Å². The molecule has 10 nitrogen and oxygen atoms in total. The fourth-order valence-electron chi connectivity index (χ4n) is 4.05. The Hall–Kier alpha value is -2.24. The lowest BCUT2D eigenvalue weighted by molar-refractivity contribution is -0.387. The molecule has 32 heavy (non-hydrogen) atoms. The molecule has 0 bridgehead atoms. The molecule has 0 heterocycles. The normalized spacial score (nSPS) is 20.6. The zero-order chi connectivity index (χ0) is 24.1. The maximum atomic E-state index is 13.3. The third-order valence-electron chi connectivity index (χ3n) is 5.60. The fraction of sp³-hybridized carbons (Fsp3) is 0.667. The third kappa shape index (κ3) is 6.63. The van der Waals surface area contributed by atoms with Crippen molar-refractivity contribution in [3.05, 3.63) is 34.4 Å². The summed E-state index contributed by atoms with van der Waals surface area (Å²) in [6, 6.07) is 4.68. The number of nitrogens with zero attached hydrogens (tertiary/aromatic N) is 2. The van der Waals surface area contributed by atoms with Crippen LogP contribution in [0.2, 0.25) is 0 Å². The van der Waals surface area contributed by atoms with Gasteiger partial charge in [0, 0.05) is 24.7 Å². The van der Waals surface area contributed by atoms with Gasteiger partial charge in [-0.3, -0.25) is 10.1 Å². The van der Waals surface area contributed by atoms with Crippen molar-refractivity contribution in [1.29, 1.82) is 0 Å². The number of nitro benzene ring substituents is 1. The summed E-state index contributed by atoms with van der Waals surface area (Å²) in [6.45, 7) is 6.56. The molecule has 2 N–H and O–H groups in total. The molecule has 1 amide bonds. The van der Waals surface area contributed by atoms with E-state index >= 15 is 0 Å². The Morgan fingerprint density at radius 2 is 1.88 bits per heavy atom. The molecule has 1 aromatic rings. The largest absolute Gasteiger partial charge is 0.444 e. The summed E-state index contributed by atoms with van der Waals surface area (Å²) in [5.41, 5.74) is -1.08. The van der Waals surface area contributed by atoms with Crippen molar-refractivity contribution < 1.29 is 28.0 Å². The molecule has 0 radical (unpaired) electrons. The first-order valence-corrected chi connectivity index (χ1v) is 12.2. The van der Waals surface area contributed by atoms with Gasteiger partial charge >= 0.3 is 6.09 Å². The van der Waals surface area contributed by atoms with Gasteiger partial charge in [-0.2, -0.15) is 4.31 Å². The topological polar surface area (TPSA) is 139 Å². The summed E-state index contributed by atoms with van der Waals surface area (Å²) in [5, 5.41) is 23.7. The second-order valence-electron chi connectivity index (χ2n) is 9.06. The smallest absolute Gasteiger partial charge is 0.407 e. The van der Waals surface area contributed by atoms with Gasteiger partial charge in [0.2, 0.25) is 10.0 Å². The number of alkyl carbamates (subject to hydrolysis) is 1. The molecule has 1 aliphatic carbocycles. The SMILES string of the molecule is C[C@@H](C1CCC(NC(=O)OC(C)(C)C)CC1)N(CCO)S(=O)(=O)c1ccccc1[N+](=O)[O-]. The first-order valence-electron chi connectivity index (χ1n) is 10.7. The van der Waals surface area contributed by atoms with E-state index in [-0.39, 0.29) is 23.4 Å². The van der Waals surface area contributed by atoms with Gasteiger partial charge in [-0.25, -0.2) is 13.2 Å². The number of nitro groups is 1. The number of rotatable bonds is 8. The fourth-order valence-corrected chi connectivity index (χ4v) is 5.89. The highest BCUT2D eigenvalue weighted by Gasteiger charge is 2.38. The minimum atomic E-state index is -4.20. The van der Waals surface area contributed by atoms with Crippen LogP contribution in [0.4, 0.5) is 10.5 Å². The van der Waals surface area contributed by atoms with Crippen LogP contribution < -0.4 is 5.32 Å². The average molecular weight is 472 g/mol. The van der Waals surface area contributed by atoms with Crippen molar-refractivity contribution in [3.8, 4) is 0 Å². The van der Waals surface area contributed by atoms with Gasteiger partial charge in [0.05, 0.1) is 11.5 Å². The molecule has 0 spiro atoms. The van der Waals surface area contributed by atoms with Crippen LogP contribution in [0.1, 0.15) is 53.4 Å². The maximum Gasteiger partial charge on any atom is 0.407 e. The van der Waals surface area contributed by atoms with Gasteiger partial charge in [-0.15, -0.1) is 0 Å². The first-order chi connectivity index (χ1) is 14.9. The van der Waals surface area contributed by atoms with Crippen LogP contribution in [0.3, 0.4) is 0 Å². The Labute approximate surface area is 189 Å². The number of sulfonamides is 1. The lowest BCUT2D eigenvalue weighted by Gasteiger charge is -2.37. The van der Waals surface area contributed by atoms with E-state index in [1.807, 2.05) is 0 Å². The van der Waals surface area contributed by atoms with E-state index in [9.17, 15) is 28.4 Å². The number of aliphatic hydroxyl groups excluding tert-OH is 1. The van der Waals surface area contributed by atoms with Gasteiger partial charge in [0.25, 0.3) is 5.69 Å². The number of benzene rings is 1. The van der Waals surface area contributed by atoms with E-state index in [1.54, 1.807) is 27.7 Å². The Balaban J connectivity index is 2.12. The molecular formula is C21H33N3O7S. The number of aliphatic hydroxyl groups is 1. The van der Waals surface area contributed by atoms with Crippen molar-refractivity contribution in [2.45, 2.75) is 76.0 Å². The molecule has 1 atom stereocenters. The number of carbonyl (C=O) groups is 1. The predicted octanol–water partition coefficient (Wildman–Crippen LogP) is 3.05. The molecule has 180 valence electrons. The Bertz CT molecular complexity index is 906. The Morgan fingerprint density at radius 3 is 2.41 bits per heavy atom. The standard InChI is InChI=1S/C21H33N3O7S/c1-15(16-9-11-17(12-10-16)22-20(26)31-21(2,3)4)23(13-14-25)32(29,30)19-8-6-5-7-18(19)24(27)28/h5-8,15-17,25H,9-14H2,1-4H3,(H,22,26)/t15-,16?,17?/m0/s1. The van der Waals surface area contributed by atoms with Crippen LogP contribution in [0.5, 0.6) is 0 Å². The van der Waals surface area contributed by atoms with Gasteiger partial charge < -0.3 is 15.2 Å². The molecule has 0 unspecified atom stereocenters. The molecule has 1 fully saturated rings. The minimum Gasteiger partial charge on any atom is -0.444 e. The number of amides is 1. The molecule has 0 saturated heterocycles. The zero-order valence-electron chi connectivity index (χ0n) is 19.0. The van der Waals surface area contributed by atoms with Gasteiger partial charge in [-0.1, -0.05) is 12.1 Å². The average Bonchev–Trinajstić information content (AvgIpc) is 2.70. The first kappa shape index (κ1) is 26.0. The molecule has 1 saturated carbocycles. The van der Waals surface area contributed by atoms with Gasteiger partial charge in [0.1, 0.15) is 5.60 Å². The predicted molar refractivity (Wildman–Crippen MR) is 119 cm³/mol. The highest BCUT2D eigenvalue weighted by atomic mass is 32.2. The second kappa shape index (κ2) is 10.6. The van der Waals surface area contributed by atoms with E-state index in [2.05, 4.69) is 5.32 Å². The van der Waals surface area contributed by atoms with Crippen molar-refractivity contribution in [3.63, 3.8) is 0 Å². The number of carbonyl (C=O) groups excluding carboxylic acids is 1. The van der Waals surface area contributed by atoms with Gasteiger partial charge in [0.15, 0.2) is 4.90 Å².